The molecule has 1 saturated heterocycles. The highest BCUT2D eigenvalue weighted by atomic mass is 16.6. The predicted molar refractivity (Wildman–Crippen MR) is 124 cm³/mol. The van der Waals surface area contributed by atoms with Crippen molar-refractivity contribution in [3.63, 3.8) is 0 Å². The highest BCUT2D eigenvalue weighted by Crippen LogP contribution is 2.35. The first-order valence-corrected chi connectivity index (χ1v) is 11.6. The Morgan fingerprint density at radius 3 is 2.66 bits per heavy atom. The van der Waals surface area contributed by atoms with Crippen molar-refractivity contribution in [1.82, 2.24) is 14.9 Å². The molecule has 0 N–H and O–H groups in total. The lowest BCUT2D eigenvalue weighted by molar-refractivity contribution is 0.120. The molecule has 7 heteroatoms. The summed E-state index contributed by atoms with van der Waals surface area (Å²) in [6.07, 6.45) is 3.61. The molecule has 1 amide bonds. The average molecular weight is 439 g/mol. The Morgan fingerprint density at radius 1 is 1.19 bits per heavy atom. The van der Waals surface area contributed by atoms with Crippen LogP contribution in [0.2, 0.25) is 0 Å². The number of hydrogen-bond donors (Lipinski definition) is 0. The summed E-state index contributed by atoms with van der Waals surface area (Å²) in [5.41, 5.74) is 4.68. The lowest BCUT2D eigenvalue weighted by Gasteiger charge is -2.30. The highest BCUT2D eigenvalue weighted by molar-refractivity contribution is 5.88. The fourth-order valence-electron chi connectivity index (χ4n) is 4.75. The topological polar surface area (TPSA) is 67.8 Å². The average Bonchev–Trinajstić information content (AvgIpc) is 3.19. The van der Waals surface area contributed by atoms with Gasteiger partial charge in [0.2, 0.25) is 0 Å². The predicted octanol–water partition coefficient (Wildman–Crippen LogP) is 4.46. The number of amides is 1. The van der Waals surface area contributed by atoms with Gasteiger partial charge in [0.15, 0.2) is 11.6 Å². The van der Waals surface area contributed by atoms with E-state index >= 15 is 0 Å². The van der Waals surface area contributed by atoms with E-state index in [9.17, 15) is 4.79 Å². The van der Waals surface area contributed by atoms with Crippen LogP contribution in [0.15, 0.2) is 24.4 Å². The lowest BCUT2D eigenvalue weighted by atomic mass is 9.98. The number of nitrogens with zero attached hydrogens (tertiary/aromatic N) is 4. The Labute approximate surface area is 190 Å². The fourth-order valence-corrected chi connectivity index (χ4v) is 4.75. The van der Waals surface area contributed by atoms with Crippen LogP contribution in [0.25, 0.3) is 0 Å². The van der Waals surface area contributed by atoms with Crippen LogP contribution in [-0.4, -0.2) is 53.3 Å². The molecule has 1 fully saturated rings. The van der Waals surface area contributed by atoms with Crippen LogP contribution in [0.4, 0.5) is 10.6 Å². The molecule has 4 rings (SSSR count). The normalized spacial score (nSPS) is 19.6. The van der Waals surface area contributed by atoms with E-state index in [-0.39, 0.29) is 18.2 Å². The van der Waals surface area contributed by atoms with Crippen LogP contribution in [0.5, 0.6) is 5.75 Å². The number of likely N-dealkylation sites (tertiary alicyclic amines) is 1. The van der Waals surface area contributed by atoms with Gasteiger partial charge in [0, 0.05) is 30.2 Å². The molecule has 0 bridgehead atoms. The van der Waals surface area contributed by atoms with Crippen molar-refractivity contribution in [2.24, 2.45) is 5.92 Å². The summed E-state index contributed by atoms with van der Waals surface area (Å²) in [6.45, 7) is 13.1. The summed E-state index contributed by atoms with van der Waals surface area (Å²) in [4.78, 5) is 25.6. The Bertz CT molecular complexity index is 957. The molecule has 0 saturated carbocycles. The summed E-state index contributed by atoms with van der Waals surface area (Å²) < 4.78 is 11.2. The fraction of sp³-hybridized carbons (Fsp3) is 0.560. The van der Waals surface area contributed by atoms with E-state index in [1.54, 1.807) is 4.90 Å². The monoisotopic (exact) mass is 438 g/mol. The maximum absolute atomic E-state index is 12.4. The molecule has 4 heterocycles. The number of anilines is 1. The zero-order chi connectivity index (χ0) is 22.8. The van der Waals surface area contributed by atoms with Gasteiger partial charge >= 0.3 is 6.09 Å². The molecule has 0 spiro atoms. The summed E-state index contributed by atoms with van der Waals surface area (Å²) >= 11 is 0. The molecule has 0 aliphatic carbocycles. The van der Waals surface area contributed by atoms with E-state index in [4.69, 9.17) is 9.47 Å². The summed E-state index contributed by atoms with van der Waals surface area (Å²) in [6, 6.07) is 6.69. The van der Waals surface area contributed by atoms with Crippen LogP contribution < -0.4 is 9.64 Å². The number of fused-ring (bicyclic) bond motifs is 1. The van der Waals surface area contributed by atoms with Crippen molar-refractivity contribution in [1.29, 1.82) is 0 Å². The number of rotatable bonds is 5. The maximum Gasteiger partial charge on any atom is 0.415 e. The Kier molecular flexibility index (Phi) is 6.65. The standard InChI is InChI=1S/C25H34N4O3/c1-16(2)32-25(30)29-8-9-31-23-13-22(14-26-24(23)29)19(5)28-7-6-20(15-28)12-21-10-17(3)27-18(4)11-21/h10-11,13-14,16,19-20H,6-9,12,15H2,1-5H3/t19?,20-/m0/s1. The van der Waals surface area contributed by atoms with Crippen molar-refractivity contribution in [3.05, 3.63) is 46.9 Å². The smallest absolute Gasteiger partial charge is 0.415 e. The minimum Gasteiger partial charge on any atom is -0.488 e. The number of hydrogen-bond acceptors (Lipinski definition) is 6. The minimum absolute atomic E-state index is 0.170. The van der Waals surface area contributed by atoms with Crippen molar-refractivity contribution in [2.75, 3.05) is 31.1 Å². The Balaban J connectivity index is 1.42. The van der Waals surface area contributed by atoms with Gasteiger partial charge in [0.1, 0.15) is 6.61 Å². The SMILES string of the molecule is Cc1cc(C[C@@H]2CCN(C(C)c3cnc4c(c3)OCCN4C(=O)OC(C)C)C2)cc(C)n1. The van der Waals surface area contributed by atoms with E-state index in [1.807, 2.05) is 26.1 Å². The molecule has 7 nitrogen and oxygen atoms in total. The third kappa shape index (κ3) is 5.04. The largest absolute Gasteiger partial charge is 0.488 e. The van der Waals surface area contributed by atoms with E-state index in [2.05, 4.69) is 47.8 Å². The molecule has 172 valence electrons. The number of pyridine rings is 2. The van der Waals surface area contributed by atoms with Gasteiger partial charge < -0.3 is 9.47 Å². The van der Waals surface area contributed by atoms with Crippen molar-refractivity contribution >= 4 is 11.9 Å². The van der Waals surface area contributed by atoms with Gasteiger partial charge in [-0.15, -0.1) is 0 Å². The van der Waals surface area contributed by atoms with Gasteiger partial charge in [-0.1, -0.05) is 0 Å². The number of aryl methyl sites for hydroxylation is 2. The second kappa shape index (κ2) is 9.45. The lowest BCUT2D eigenvalue weighted by Crippen LogP contribution is -2.40. The molecule has 1 unspecified atom stereocenters. The minimum atomic E-state index is -0.373. The first kappa shape index (κ1) is 22.5. The summed E-state index contributed by atoms with van der Waals surface area (Å²) in [5, 5.41) is 0. The number of ether oxygens (including phenoxy) is 2. The van der Waals surface area contributed by atoms with E-state index in [1.165, 1.54) is 12.0 Å². The van der Waals surface area contributed by atoms with E-state index in [0.29, 0.717) is 30.6 Å². The zero-order valence-electron chi connectivity index (χ0n) is 19.8. The molecule has 2 aromatic rings. The third-order valence-corrected chi connectivity index (χ3v) is 6.25. The zero-order valence-corrected chi connectivity index (χ0v) is 19.8. The van der Waals surface area contributed by atoms with Crippen LogP contribution in [0, 0.1) is 19.8 Å². The third-order valence-electron chi connectivity index (χ3n) is 6.25. The van der Waals surface area contributed by atoms with Gasteiger partial charge in [-0.2, -0.15) is 0 Å². The molecule has 32 heavy (non-hydrogen) atoms. The molecule has 2 aliphatic rings. The van der Waals surface area contributed by atoms with Crippen molar-refractivity contribution in [3.8, 4) is 5.75 Å². The molecular formula is C25H34N4O3. The van der Waals surface area contributed by atoms with Gasteiger partial charge in [0.25, 0.3) is 0 Å². The molecule has 0 aromatic carbocycles. The number of carbonyl (C=O) groups is 1. The maximum atomic E-state index is 12.4. The van der Waals surface area contributed by atoms with Crippen LogP contribution in [-0.2, 0) is 11.2 Å². The first-order chi connectivity index (χ1) is 15.3. The van der Waals surface area contributed by atoms with Gasteiger partial charge in [-0.25, -0.2) is 9.78 Å². The Hall–Kier alpha value is -2.67. The summed E-state index contributed by atoms with van der Waals surface area (Å²) in [5.74, 6) is 1.84. The van der Waals surface area contributed by atoms with Crippen molar-refractivity contribution < 1.29 is 14.3 Å². The first-order valence-electron chi connectivity index (χ1n) is 11.6. The second-order valence-electron chi connectivity index (χ2n) is 9.31. The quantitative estimate of drug-likeness (QED) is 0.686. The van der Waals surface area contributed by atoms with Crippen LogP contribution in [0.3, 0.4) is 0 Å². The van der Waals surface area contributed by atoms with Gasteiger partial charge in [-0.05, 0) is 89.2 Å². The number of aromatic nitrogens is 2. The van der Waals surface area contributed by atoms with Crippen LogP contribution >= 0.6 is 0 Å². The molecular weight excluding hydrogens is 404 g/mol. The highest BCUT2D eigenvalue weighted by Gasteiger charge is 2.30. The van der Waals surface area contributed by atoms with E-state index < -0.39 is 0 Å². The van der Waals surface area contributed by atoms with Gasteiger partial charge in [-0.3, -0.25) is 14.8 Å². The Morgan fingerprint density at radius 2 is 1.94 bits per heavy atom. The number of carbonyl (C=O) groups excluding carboxylic acids is 1. The molecule has 2 aliphatic heterocycles. The van der Waals surface area contributed by atoms with Gasteiger partial charge in [0.05, 0.1) is 12.6 Å². The second-order valence-corrected chi connectivity index (χ2v) is 9.31. The molecule has 2 aromatic heterocycles. The summed E-state index contributed by atoms with van der Waals surface area (Å²) in [7, 11) is 0. The molecule has 0 radical (unpaired) electrons. The van der Waals surface area contributed by atoms with E-state index in [0.717, 1.165) is 36.5 Å². The van der Waals surface area contributed by atoms with Crippen LogP contribution in [0.1, 0.15) is 55.7 Å². The molecule has 2 atom stereocenters. The van der Waals surface area contributed by atoms with Crippen molar-refractivity contribution in [2.45, 2.75) is 59.6 Å².